The Morgan fingerprint density at radius 1 is 1.07 bits per heavy atom. The van der Waals surface area contributed by atoms with Gasteiger partial charge in [0.2, 0.25) is 0 Å². The van der Waals surface area contributed by atoms with Crippen LogP contribution in [0.25, 0.3) is 0 Å². The molecule has 0 amide bonds. The Kier molecular flexibility index (Phi) is 3.51. The Morgan fingerprint density at radius 3 is 2.00 bits per heavy atom. The summed E-state index contributed by atoms with van der Waals surface area (Å²) in [6.07, 6.45) is 0. The number of hydrogen-bond donors (Lipinski definition) is 1. The van der Waals surface area contributed by atoms with Gasteiger partial charge in [-0.2, -0.15) is 0 Å². The average Bonchev–Trinajstić information content (AvgIpc) is 2.15. The minimum Gasteiger partial charge on any atom is -0.330 e. The first-order valence-electron chi connectivity index (χ1n) is 5.23. The summed E-state index contributed by atoms with van der Waals surface area (Å²) in [4.78, 5) is 0. The third-order valence-electron chi connectivity index (χ3n) is 2.86. The second-order valence-corrected chi connectivity index (χ2v) is 10.5. The van der Waals surface area contributed by atoms with Crippen LogP contribution >= 0.6 is 0 Å². The maximum absolute atomic E-state index is 6.29. The zero-order valence-corrected chi connectivity index (χ0v) is 10.6. The Morgan fingerprint density at radius 2 is 1.57 bits per heavy atom. The van der Waals surface area contributed by atoms with Gasteiger partial charge < -0.3 is 5.73 Å². The Hall–Kier alpha value is -0.603. The molecule has 0 radical (unpaired) electrons. The van der Waals surface area contributed by atoms with Gasteiger partial charge in [0.05, 0.1) is 8.07 Å². The van der Waals surface area contributed by atoms with Crippen molar-refractivity contribution in [2.45, 2.75) is 38.1 Å². The molecular formula is C12H21NSi. The van der Waals surface area contributed by atoms with E-state index in [-0.39, 0.29) is 0 Å². The van der Waals surface area contributed by atoms with Crippen molar-refractivity contribution in [3.8, 4) is 0 Å². The molecule has 0 saturated heterocycles. The zero-order chi connectivity index (χ0) is 10.8. The van der Waals surface area contributed by atoms with Gasteiger partial charge in [0.1, 0.15) is 0 Å². The Bertz CT molecular complexity index is 276. The van der Waals surface area contributed by atoms with Gasteiger partial charge in [-0.05, 0) is 11.5 Å². The highest BCUT2D eigenvalue weighted by Crippen LogP contribution is 2.23. The second-order valence-electron chi connectivity index (χ2n) is 5.09. The summed E-state index contributed by atoms with van der Waals surface area (Å²) >= 11 is 0. The van der Waals surface area contributed by atoms with Crippen molar-refractivity contribution >= 4 is 8.07 Å². The predicted molar refractivity (Wildman–Crippen MR) is 66.2 cm³/mol. The smallest absolute Gasteiger partial charge is 0.0639 e. The van der Waals surface area contributed by atoms with E-state index in [1.807, 2.05) is 0 Å². The molecule has 1 aromatic carbocycles. The summed E-state index contributed by atoms with van der Waals surface area (Å²) in [5.74, 6) is 0.475. The van der Waals surface area contributed by atoms with E-state index in [4.69, 9.17) is 5.73 Å². The van der Waals surface area contributed by atoms with E-state index in [0.717, 1.165) is 0 Å². The molecule has 1 rings (SSSR count). The molecule has 0 aliphatic heterocycles. The third-order valence-corrected chi connectivity index (χ3v) is 5.36. The molecule has 2 N–H and O–H groups in total. The van der Waals surface area contributed by atoms with E-state index in [2.05, 4.69) is 56.9 Å². The van der Waals surface area contributed by atoms with Gasteiger partial charge in [0, 0.05) is 5.67 Å². The highest BCUT2D eigenvalue weighted by Gasteiger charge is 2.28. The van der Waals surface area contributed by atoms with Crippen molar-refractivity contribution in [3.05, 3.63) is 35.9 Å². The van der Waals surface area contributed by atoms with E-state index in [1.54, 1.807) is 0 Å². The van der Waals surface area contributed by atoms with Gasteiger partial charge in [0.15, 0.2) is 0 Å². The van der Waals surface area contributed by atoms with E-state index in [1.165, 1.54) is 5.56 Å². The minimum atomic E-state index is -1.23. The number of hydrogen-bond acceptors (Lipinski definition) is 1. The molecule has 0 spiro atoms. The Labute approximate surface area is 88.3 Å². The molecule has 1 nitrogen and oxygen atoms in total. The first-order chi connectivity index (χ1) is 6.43. The molecule has 1 aromatic rings. The lowest BCUT2D eigenvalue weighted by atomic mass is 10.0. The normalized spacial score (nSPS) is 16.4. The SMILES string of the molecule is CC(c1ccccc1)C(N)[Si](C)(C)C. The molecule has 78 valence electrons. The Balaban J connectivity index is 2.81. The third kappa shape index (κ3) is 2.69. The monoisotopic (exact) mass is 207 g/mol. The van der Waals surface area contributed by atoms with Crippen LogP contribution < -0.4 is 5.73 Å². The quantitative estimate of drug-likeness (QED) is 0.758. The molecule has 0 heterocycles. The molecule has 0 fully saturated rings. The first kappa shape index (κ1) is 11.5. The minimum absolute atomic E-state index is 0.338. The molecule has 14 heavy (non-hydrogen) atoms. The fourth-order valence-electron chi connectivity index (χ4n) is 1.71. The molecule has 0 bridgehead atoms. The molecule has 2 unspecified atom stereocenters. The van der Waals surface area contributed by atoms with E-state index >= 15 is 0 Å². The maximum Gasteiger partial charge on any atom is 0.0639 e. The lowest BCUT2D eigenvalue weighted by Crippen LogP contribution is -2.48. The first-order valence-corrected chi connectivity index (χ1v) is 8.81. The predicted octanol–water partition coefficient (Wildman–Crippen LogP) is 2.99. The number of nitrogens with two attached hydrogens (primary N) is 1. The van der Waals surface area contributed by atoms with Crippen LogP contribution in [-0.2, 0) is 0 Å². The summed E-state index contributed by atoms with van der Waals surface area (Å²) in [5, 5.41) is 0. The van der Waals surface area contributed by atoms with Crippen LogP contribution in [0.15, 0.2) is 30.3 Å². The number of benzene rings is 1. The van der Waals surface area contributed by atoms with Gasteiger partial charge in [-0.1, -0.05) is 56.9 Å². The van der Waals surface area contributed by atoms with E-state index < -0.39 is 8.07 Å². The van der Waals surface area contributed by atoms with Crippen molar-refractivity contribution in [1.82, 2.24) is 0 Å². The highest BCUT2D eigenvalue weighted by molar-refractivity contribution is 6.77. The molecule has 0 saturated carbocycles. The summed E-state index contributed by atoms with van der Waals surface area (Å²) in [5.41, 5.74) is 7.99. The molecule has 2 heteroatoms. The lowest BCUT2D eigenvalue weighted by Gasteiger charge is -2.30. The highest BCUT2D eigenvalue weighted by atomic mass is 28.3. The summed E-state index contributed by atoms with van der Waals surface area (Å²) in [7, 11) is -1.23. The van der Waals surface area contributed by atoms with Crippen molar-refractivity contribution in [2.75, 3.05) is 0 Å². The standard InChI is InChI=1S/C12H21NSi/c1-10(12(13)14(2,3)4)11-8-6-5-7-9-11/h5-10,12H,13H2,1-4H3. The van der Waals surface area contributed by atoms with Crippen LogP contribution in [-0.4, -0.2) is 13.7 Å². The van der Waals surface area contributed by atoms with Gasteiger partial charge in [-0.3, -0.25) is 0 Å². The van der Waals surface area contributed by atoms with E-state index in [9.17, 15) is 0 Å². The van der Waals surface area contributed by atoms with Gasteiger partial charge >= 0.3 is 0 Å². The van der Waals surface area contributed by atoms with Gasteiger partial charge in [-0.25, -0.2) is 0 Å². The fourth-order valence-corrected chi connectivity index (χ4v) is 3.41. The van der Waals surface area contributed by atoms with Crippen LogP contribution in [0.1, 0.15) is 18.4 Å². The van der Waals surface area contributed by atoms with Crippen molar-refractivity contribution in [1.29, 1.82) is 0 Å². The van der Waals surface area contributed by atoms with Crippen LogP contribution in [0.4, 0.5) is 0 Å². The molecule has 2 atom stereocenters. The fraction of sp³-hybridized carbons (Fsp3) is 0.500. The molecule has 0 aliphatic rings. The van der Waals surface area contributed by atoms with Crippen LogP contribution in [0.3, 0.4) is 0 Å². The maximum atomic E-state index is 6.29. The summed E-state index contributed by atoms with van der Waals surface area (Å²) in [6, 6.07) is 10.6. The largest absolute Gasteiger partial charge is 0.330 e. The second kappa shape index (κ2) is 4.28. The van der Waals surface area contributed by atoms with Crippen LogP contribution in [0.2, 0.25) is 19.6 Å². The van der Waals surface area contributed by atoms with Crippen molar-refractivity contribution in [2.24, 2.45) is 5.73 Å². The molecular weight excluding hydrogens is 186 g/mol. The zero-order valence-electron chi connectivity index (χ0n) is 9.62. The van der Waals surface area contributed by atoms with Crippen molar-refractivity contribution < 1.29 is 0 Å². The lowest BCUT2D eigenvalue weighted by molar-refractivity contribution is 0.694. The summed E-state index contributed by atoms with van der Waals surface area (Å²) in [6.45, 7) is 9.23. The van der Waals surface area contributed by atoms with Gasteiger partial charge in [0.25, 0.3) is 0 Å². The average molecular weight is 207 g/mol. The molecule has 0 aromatic heterocycles. The van der Waals surface area contributed by atoms with Crippen molar-refractivity contribution in [3.63, 3.8) is 0 Å². The van der Waals surface area contributed by atoms with E-state index in [0.29, 0.717) is 11.6 Å². The topological polar surface area (TPSA) is 26.0 Å². The number of rotatable bonds is 3. The molecule has 0 aliphatic carbocycles. The van der Waals surface area contributed by atoms with Crippen LogP contribution in [0.5, 0.6) is 0 Å². The summed E-state index contributed by atoms with van der Waals surface area (Å²) < 4.78 is 0. The van der Waals surface area contributed by atoms with Crippen LogP contribution in [0, 0.1) is 0 Å². The van der Waals surface area contributed by atoms with Gasteiger partial charge in [-0.15, -0.1) is 0 Å².